The van der Waals surface area contributed by atoms with Crippen LogP contribution in [0, 0.1) is 6.92 Å². The number of aromatic amines is 1. The molecule has 3 N–H and O–H groups in total. The zero-order valence-corrected chi connectivity index (χ0v) is 13.6. The largest absolute Gasteiger partial charge is 0.392 e. The molecule has 5 heteroatoms. The first-order chi connectivity index (χ1) is 11.2. The summed E-state index contributed by atoms with van der Waals surface area (Å²) in [7, 11) is 0. The Morgan fingerprint density at radius 3 is 2.70 bits per heavy atom. The second-order valence-electron chi connectivity index (χ2n) is 5.46. The predicted molar refractivity (Wildman–Crippen MR) is 93.5 cm³/mol. The number of aromatic nitrogens is 2. The average molecular weight is 328 g/mol. The fourth-order valence-corrected chi connectivity index (χ4v) is 2.60. The molecule has 0 atom stereocenters. The van der Waals surface area contributed by atoms with E-state index in [1.807, 2.05) is 18.3 Å². The number of nitrogens with one attached hydrogen (secondary N) is 2. The molecule has 118 valence electrons. The molecule has 3 rings (SSSR count). The molecule has 0 spiro atoms. The Balaban J connectivity index is 1.80. The van der Waals surface area contributed by atoms with Crippen LogP contribution in [0.25, 0.3) is 11.3 Å². The first-order valence-corrected chi connectivity index (χ1v) is 7.77. The monoisotopic (exact) mass is 327 g/mol. The van der Waals surface area contributed by atoms with E-state index in [0.717, 1.165) is 28.1 Å². The van der Waals surface area contributed by atoms with E-state index in [4.69, 9.17) is 11.6 Å². The number of aryl methyl sites for hydroxylation is 1. The lowest BCUT2D eigenvalue weighted by Crippen LogP contribution is -2.01. The molecule has 1 aromatic heterocycles. The Labute approximate surface area is 140 Å². The number of rotatable bonds is 5. The highest BCUT2D eigenvalue weighted by molar-refractivity contribution is 6.33. The number of nitrogens with zero attached hydrogens (tertiary/aromatic N) is 1. The van der Waals surface area contributed by atoms with Crippen LogP contribution in [0.4, 0.5) is 5.69 Å². The molecular formula is C18H18ClN3O. The van der Waals surface area contributed by atoms with Gasteiger partial charge in [-0.05, 0) is 30.2 Å². The van der Waals surface area contributed by atoms with Gasteiger partial charge in [0.2, 0.25) is 0 Å². The van der Waals surface area contributed by atoms with E-state index >= 15 is 0 Å². The molecule has 0 amide bonds. The number of hydrogen-bond donors (Lipinski definition) is 3. The summed E-state index contributed by atoms with van der Waals surface area (Å²) in [4.78, 5) is 0. The molecule has 0 aliphatic heterocycles. The smallest absolute Gasteiger partial charge is 0.0700 e. The lowest BCUT2D eigenvalue weighted by molar-refractivity contribution is 0.282. The van der Waals surface area contributed by atoms with E-state index < -0.39 is 0 Å². The van der Waals surface area contributed by atoms with Crippen LogP contribution < -0.4 is 5.32 Å². The maximum absolute atomic E-state index is 9.23. The highest BCUT2D eigenvalue weighted by Crippen LogP contribution is 2.26. The minimum absolute atomic E-state index is 0.00776. The normalized spacial score (nSPS) is 10.7. The van der Waals surface area contributed by atoms with Crippen molar-refractivity contribution in [3.8, 4) is 11.3 Å². The number of halogens is 1. The summed E-state index contributed by atoms with van der Waals surface area (Å²) in [5.74, 6) is 0. The molecule has 0 aliphatic rings. The van der Waals surface area contributed by atoms with Gasteiger partial charge in [0.1, 0.15) is 0 Å². The van der Waals surface area contributed by atoms with Crippen molar-refractivity contribution in [2.45, 2.75) is 20.1 Å². The van der Waals surface area contributed by atoms with Gasteiger partial charge in [0.15, 0.2) is 0 Å². The van der Waals surface area contributed by atoms with Crippen LogP contribution in [0.2, 0.25) is 5.02 Å². The van der Waals surface area contributed by atoms with Crippen molar-refractivity contribution in [2.75, 3.05) is 5.32 Å². The van der Waals surface area contributed by atoms with Crippen LogP contribution in [0.5, 0.6) is 0 Å². The summed E-state index contributed by atoms with van der Waals surface area (Å²) in [6, 6.07) is 13.8. The van der Waals surface area contributed by atoms with Crippen LogP contribution >= 0.6 is 11.6 Å². The molecule has 0 aliphatic carbocycles. The van der Waals surface area contributed by atoms with E-state index in [1.54, 1.807) is 6.07 Å². The van der Waals surface area contributed by atoms with Gasteiger partial charge in [-0.1, -0.05) is 47.5 Å². The maximum Gasteiger partial charge on any atom is 0.0700 e. The van der Waals surface area contributed by atoms with E-state index in [-0.39, 0.29) is 6.61 Å². The van der Waals surface area contributed by atoms with Gasteiger partial charge < -0.3 is 10.4 Å². The molecule has 4 nitrogen and oxygen atoms in total. The summed E-state index contributed by atoms with van der Waals surface area (Å²) < 4.78 is 0. The van der Waals surface area contributed by atoms with E-state index in [2.05, 4.69) is 46.7 Å². The molecule has 2 aromatic carbocycles. The van der Waals surface area contributed by atoms with E-state index in [1.165, 1.54) is 5.56 Å². The lowest BCUT2D eigenvalue weighted by Gasteiger charge is -2.10. The summed E-state index contributed by atoms with van der Waals surface area (Å²) in [6.45, 7) is 2.65. The first-order valence-electron chi connectivity index (χ1n) is 7.40. The number of anilines is 1. The second-order valence-corrected chi connectivity index (χ2v) is 5.87. The Morgan fingerprint density at radius 2 is 1.96 bits per heavy atom. The van der Waals surface area contributed by atoms with Gasteiger partial charge in [-0.15, -0.1) is 0 Å². The van der Waals surface area contributed by atoms with Crippen molar-refractivity contribution in [3.63, 3.8) is 0 Å². The molecular weight excluding hydrogens is 310 g/mol. The Hall–Kier alpha value is -2.30. The van der Waals surface area contributed by atoms with Crippen LogP contribution in [0.3, 0.4) is 0 Å². The third-order valence-corrected chi connectivity index (χ3v) is 4.07. The van der Waals surface area contributed by atoms with Gasteiger partial charge >= 0.3 is 0 Å². The van der Waals surface area contributed by atoms with Gasteiger partial charge in [0, 0.05) is 12.1 Å². The standard InChI is InChI=1S/C18H18ClN3O/c1-12-2-5-14(6-3-12)18-15(10-21-22-18)9-20-17-8-13(11-23)4-7-16(17)19/h2-8,10,20,23H,9,11H2,1H3,(H,21,22). The second kappa shape index (κ2) is 6.86. The molecule has 23 heavy (non-hydrogen) atoms. The minimum atomic E-state index is -0.00776. The summed E-state index contributed by atoms with van der Waals surface area (Å²) in [5, 5.41) is 20.4. The zero-order valence-electron chi connectivity index (χ0n) is 12.8. The fourth-order valence-electron chi connectivity index (χ4n) is 2.41. The maximum atomic E-state index is 9.23. The van der Waals surface area contributed by atoms with Crippen LogP contribution in [-0.2, 0) is 13.2 Å². The van der Waals surface area contributed by atoms with Crippen molar-refractivity contribution in [1.29, 1.82) is 0 Å². The summed E-state index contributed by atoms with van der Waals surface area (Å²) >= 11 is 6.20. The van der Waals surface area contributed by atoms with Crippen LogP contribution in [-0.4, -0.2) is 15.3 Å². The van der Waals surface area contributed by atoms with Gasteiger partial charge in [0.05, 0.1) is 29.2 Å². The van der Waals surface area contributed by atoms with Gasteiger partial charge in [-0.25, -0.2) is 0 Å². The van der Waals surface area contributed by atoms with Crippen molar-refractivity contribution < 1.29 is 5.11 Å². The SMILES string of the molecule is Cc1ccc(-c2[nH]ncc2CNc2cc(CO)ccc2Cl)cc1. The zero-order chi connectivity index (χ0) is 16.2. The summed E-state index contributed by atoms with van der Waals surface area (Å²) in [5.41, 5.74) is 5.99. The van der Waals surface area contributed by atoms with E-state index in [0.29, 0.717) is 11.6 Å². The molecule has 0 radical (unpaired) electrons. The quantitative estimate of drug-likeness (QED) is 0.660. The topological polar surface area (TPSA) is 60.9 Å². The highest BCUT2D eigenvalue weighted by atomic mass is 35.5. The van der Waals surface area contributed by atoms with Crippen LogP contribution in [0.15, 0.2) is 48.7 Å². The lowest BCUT2D eigenvalue weighted by atomic mass is 10.1. The number of benzene rings is 2. The third-order valence-electron chi connectivity index (χ3n) is 3.74. The Kier molecular flexibility index (Phi) is 4.65. The summed E-state index contributed by atoms with van der Waals surface area (Å²) in [6.07, 6.45) is 1.81. The molecule has 0 fully saturated rings. The van der Waals surface area contributed by atoms with Crippen molar-refractivity contribution in [2.24, 2.45) is 0 Å². The molecule has 0 saturated carbocycles. The van der Waals surface area contributed by atoms with E-state index in [9.17, 15) is 5.11 Å². The molecule has 1 heterocycles. The minimum Gasteiger partial charge on any atom is -0.392 e. The number of hydrogen-bond acceptors (Lipinski definition) is 3. The third kappa shape index (κ3) is 3.55. The van der Waals surface area contributed by atoms with Gasteiger partial charge in [0.25, 0.3) is 0 Å². The van der Waals surface area contributed by atoms with Crippen molar-refractivity contribution in [3.05, 3.63) is 70.4 Å². The fraction of sp³-hybridized carbons (Fsp3) is 0.167. The van der Waals surface area contributed by atoms with Crippen molar-refractivity contribution >= 4 is 17.3 Å². The predicted octanol–water partition coefficient (Wildman–Crippen LogP) is 4.14. The molecule has 0 saturated heterocycles. The van der Waals surface area contributed by atoms with Gasteiger partial charge in [-0.2, -0.15) is 5.10 Å². The van der Waals surface area contributed by atoms with Crippen molar-refractivity contribution in [1.82, 2.24) is 10.2 Å². The number of aliphatic hydroxyl groups is 1. The highest BCUT2D eigenvalue weighted by Gasteiger charge is 2.09. The van der Waals surface area contributed by atoms with Gasteiger partial charge in [-0.3, -0.25) is 5.10 Å². The average Bonchev–Trinajstić information content (AvgIpc) is 3.03. The molecule has 0 bridgehead atoms. The van der Waals surface area contributed by atoms with Crippen LogP contribution in [0.1, 0.15) is 16.7 Å². The number of aliphatic hydroxyl groups excluding tert-OH is 1. The molecule has 3 aromatic rings. The Morgan fingerprint density at radius 1 is 1.17 bits per heavy atom. The number of H-pyrrole nitrogens is 1. The first kappa shape index (κ1) is 15.6. The Bertz CT molecular complexity index is 796. The molecule has 0 unspecified atom stereocenters.